The zero-order valence-corrected chi connectivity index (χ0v) is 20.0. The summed E-state index contributed by atoms with van der Waals surface area (Å²) in [5.41, 5.74) is 7.12. The number of H-pyrrole nitrogens is 1. The number of hydrogen-bond acceptors (Lipinski definition) is 6. The Morgan fingerprint density at radius 2 is 1.88 bits per heavy atom. The van der Waals surface area contributed by atoms with Crippen LogP contribution in [0.3, 0.4) is 0 Å². The van der Waals surface area contributed by atoms with Gasteiger partial charge in [0.15, 0.2) is 0 Å². The topological polar surface area (TPSA) is 122 Å². The Labute approximate surface area is 198 Å². The lowest BCUT2D eigenvalue weighted by atomic mass is 10.3. The van der Waals surface area contributed by atoms with E-state index in [2.05, 4.69) is 10.1 Å². The van der Waals surface area contributed by atoms with E-state index in [0.717, 1.165) is 24.1 Å². The van der Waals surface area contributed by atoms with Crippen molar-refractivity contribution in [2.45, 2.75) is 46.2 Å². The number of anilines is 2. The zero-order chi connectivity index (χ0) is 24.7. The van der Waals surface area contributed by atoms with Gasteiger partial charge in [-0.25, -0.2) is 9.48 Å². The fourth-order valence-electron chi connectivity index (χ4n) is 3.77. The molecule has 3 aromatic rings. The fourth-order valence-corrected chi connectivity index (χ4v) is 3.77. The van der Waals surface area contributed by atoms with Gasteiger partial charge < -0.3 is 15.5 Å². The number of nitrogens with one attached hydrogen (secondary N) is 1. The number of unbranched alkanes of at least 4 members (excludes halogenated alkanes) is 1. The van der Waals surface area contributed by atoms with E-state index in [4.69, 9.17) is 5.73 Å². The first-order chi connectivity index (χ1) is 16.3. The molecule has 10 heteroatoms. The van der Waals surface area contributed by atoms with Gasteiger partial charge in [-0.15, -0.1) is 0 Å². The largest absolute Gasteiger partial charge is 0.383 e. The number of benzene rings is 1. The van der Waals surface area contributed by atoms with E-state index in [1.165, 1.54) is 4.57 Å². The maximum atomic E-state index is 13.1. The third-order valence-corrected chi connectivity index (χ3v) is 5.59. The molecule has 0 radical (unpaired) electrons. The average molecular weight is 468 g/mol. The van der Waals surface area contributed by atoms with Gasteiger partial charge in [0, 0.05) is 38.4 Å². The molecule has 1 amide bonds. The van der Waals surface area contributed by atoms with E-state index in [1.807, 2.05) is 50.4 Å². The number of nitrogen functional groups attached to an aromatic ring is 1. The van der Waals surface area contributed by atoms with E-state index < -0.39 is 11.2 Å². The van der Waals surface area contributed by atoms with Gasteiger partial charge in [-0.1, -0.05) is 38.5 Å². The molecule has 0 atom stereocenters. The quantitative estimate of drug-likeness (QED) is 0.445. The first-order valence-corrected chi connectivity index (χ1v) is 11.6. The molecular formula is C24H33N7O3. The van der Waals surface area contributed by atoms with Crippen LogP contribution in [-0.4, -0.2) is 50.3 Å². The zero-order valence-electron chi connectivity index (χ0n) is 20.0. The summed E-state index contributed by atoms with van der Waals surface area (Å²) >= 11 is 0. The van der Waals surface area contributed by atoms with E-state index in [-0.39, 0.29) is 24.0 Å². The molecule has 1 aromatic carbocycles. The second-order valence-corrected chi connectivity index (χ2v) is 8.30. The van der Waals surface area contributed by atoms with Crippen LogP contribution < -0.4 is 21.9 Å². The maximum absolute atomic E-state index is 13.1. The minimum atomic E-state index is -0.580. The van der Waals surface area contributed by atoms with Crippen LogP contribution in [0.4, 0.5) is 11.5 Å². The van der Waals surface area contributed by atoms with Gasteiger partial charge in [-0.05, 0) is 25.0 Å². The van der Waals surface area contributed by atoms with Crippen LogP contribution in [0, 0.1) is 0 Å². The molecule has 34 heavy (non-hydrogen) atoms. The molecule has 0 bridgehead atoms. The number of aromatic amines is 1. The fraction of sp³-hybridized carbons (Fsp3) is 0.417. The minimum Gasteiger partial charge on any atom is -0.383 e. The van der Waals surface area contributed by atoms with Crippen molar-refractivity contribution in [3.63, 3.8) is 0 Å². The van der Waals surface area contributed by atoms with Crippen LogP contribution >= 0.6 is 0 Å². The van der Waals surface area contributed by atoms with Gasteiger partial charge in [0.1, 0.15) is 11.5 Å². The van der Waals surface area contributed by atoms with Gasteiger partial charge in [0.25, 0.3) is 5.56 Å². The third kappa shape index (κ3) is 5.75. The Bertz CT molecular complexity index is 1210. The maximum Gasteiger partial charge on any atom is 0.330 e. The highest BCUT2D eigenvalue weighted by atomic mass is 16.2. The molecule has 10 nitrogen and oxygen atoms in total. The minimum absolute atomic E-state index is 0.0313. The van der Waals surface area contributed by atoms with Crippen LogP contribution in [0.2, 0.25) is 0 Å². The molecule has 0 aliphatic heterocycles. The summed E-state index contributed by atoms with van der Waals surface area (Å²) in [6.45, 7) is 5.16. The van der Waals surface area contributed by atoms with Gasteiger partial charge in [0.2, 0.25) is 5.91 Å². The highest BCUT2D eigenvalue weighted by Gasteiger charge is 2.22. The van der Waals surface area contributed by atoms with Crippen molar-refractivity contribution in [3.05, 3.63) is 69.1 Å². The van der Waals surface area contributed by atoms with E-state index in [0.29, 0.717) is 26.1 Å². The second kappa shape index (κ2) is 11.4. The van der Waals surface area contributed by atoms with E-state index >= 15 is 0 Å². The summed E-state index contributed by atoms with van der Waals surface area (Å²) in [5.74, 6) is -0.0822. The lowest BCUT2D eigenvalue weighted by Gasteiger charge is -2.27. The third-order valence-electron chi connectivity index (χ3n) is 5.59. The molecule has 2 heterocycles. The lowest BCUT2D eigenvalue weighted by Crippen LogP contribution is -2.43. The predicted molar refractivity (Wildman–Crippen MR) is 133 cm³/mol. The van der Waals surface area contributed by atoms with Crippen molar-refractivity contribution in [2.24, 2.45) is 0 Å². The van der Waals surface area contributed by atoms with Crippen molar-refractivity contribution < 1.29 is 4.79 Å². The Morgan fingerprint density at radius 3 is 2.56 bits per heavy atom. The standard InChI is InChI=1S/C24H33N7O3/c1-4-6-13-30-22(25)21(23(33)27-24(30)34)29(12-5-2)17-20(32)28(3)15-18-14-26-31(16-18)19-10-8-7-9-11-19/h7-11,14,16H,4-6,12-13,15,17,25H2,1-3H3,(H,27,33,34). The van der Waals surface area contributed by atoms with Crippen LogP contribution in [0.1, 0.15) is 38.7 Å². The Hall–Kier alpha value is -3.82. The molecule has 0 saturated carbocycles. The second-order valence-electron chi connectivity index (χ2n) is 8.30. The first kappa shape index (κ1) is 24.8. The molecule has 0 fully saturated rings. The number of aromatic nitrogens is 4. The van der Waals surface area contributed by atoms with Crippen LogP contribution in [0.5, 0.6) is 0 Å². The molecule has 0 aliphatic rings. The molecule has 0 spiro atoms. The van der Waals surface area contributed by atoms with Crippen LogP contribution in [0.25, 0.3) is 5.69 Å². The van der Waals surface area contributed by atoms with Crippen molar-refractivity contribution >= 4 is 17.4 Å². The van der Waals surface area contributed by atoms with Gasteiger partial charge >= 0.3 is 5.69 Å². The lowest BCUT2D eigenvalue weighted by molar-refractivity contribution is -0.128. The number of nitrogens with two attached hydrogens (primary N) is 1. The molecule has 3 N–H and O–H groups in total. The summed E-state index contributed by atoms with van der Waals surface area (Å²) in [4.78, 5) is 43.6. The molecule has 182 valence electrons. The highest BCUT2D eigenvalue weighted by Crippen LogP contribution is 2.18. The van der Waals surface area contributed by atoms with Crippen molar-refractivity contribution in [2.75, 3.05) is 30.8 Å². The van der Waals surface area contributed by atoms with Crippen LogP contribution in [-0.2, 0) is 17.9 Å². The smallest absolute Gasteiger partial charge is 0.330 e. The number of carbonyl (C=O) groups is 1. The predicted octanol–water partition coefficient (Wildman–Crippen LogP) is 1.98. The number of amides is 1. The van der Waals surface area contributed by atoms with Gasteiger partial charge in [0.05, 0.1) is 18.4 Å². The molecule has 0 aliphatic carbocycles. The number of hydrogen-bond donors (Lipinski definition) is 2. The van der Waals surface area contributed by atoms with Crippen molar-refractivity contribution in [1.82, 2.24) is 24.2 Å². The summed E-state index contributed by atoms with van der Waals surface area (Å²) in [5, 5.41) is 4.38. The SMILES string of the molecule is CCCCn1c(N)c(N(CCC)CC(=O)N(C)Cc2cnn(-c3ccccc3)c2)c(=O)[nH]c1=O. The number of rotatable bonds is 11. The summed E-state index contributed by atoms with van der Waals surface area (Å²) < 4.78 is 3.13. The summed E-state index contributed by atoms with van der Waals surface area (Å²) in [6, 6.07) is 9.73. The summed E-state index contributed by atoms with van der Waals surface area (Å²) in [7, 11) is 1.71. The Kier molecular flexibility index (Phi) is 8.29. The normalized spacial score (nSPS) is 10.9. The Morgan fingerprint density at radius 1 is 1.15 bits per heavy atom. The van der Waals surface area contributed by atoms with E-state index in [9.17, 15) is 14.4 Å². The van der Waals surface area contributed by atoms with Gasteiger partial charge in [-0.2, -0.15) is 5.10 Å². The number of nitrogens with zero attached hydrogens (tertiary/aromatic N) is 5. The molecule has 0 saturated heterocycles. The highest BCUT2D eigenvalue weighted by molar-refractivity contribution is 5.82. The number of likely N-dealkylation sites (N-methyl/N-ethyl adjacent to an activating group) is 1. The molecule has 3 rings (SSSR count). The number of para-hydroxylation sites is 1. The van der Waals surface area contributed by atoms with Gasteiger partial charge in [-0.3, -0.25) is 19.1 Å². The van der Waals surface area contributed by atoms with E-state index in [1.54, 1.807) is 27.7 Å². The monoisotopic (exact) mass is 467 g/mol. The average Bonchev–Trinajstić information content (AvgIpc) is 3.28. The van der Waals surface area contributed by atoms with Crippen LogP contribution in [0.15, 0.2) is 52.3 Å². The molecular weight excluding hydrogens is 434 g/mol. The first-order valence-electron chi connectivity index (χ1n) is 11.6. The number of carbonyl (C=O) groups excluding carboxylic acids is 1. The Balaban J connectivity index is 1.77. The summed E-state index contributed by atoms with van der Waals surface area (Å²) in [6.07, 6.45) is 5.95. The van der Waals surface area contributed by atoms with Crippen molar-refractivity contribution in [3.8, 4) is 5.69 Å². The molecule has 0 unspecified atom stereocenters. The van der Waals surface area contributed by atoms with Crippen molar-refractivity contribution in [1.29, 1.82) is 0 Å². The molecule has 2 aromatic heterocycles.